The van der Waals surface area contributed by atoms with E-state index < -0.39 is 0 Å². The van der Waals surface area contributed by atoms with Crippen molar-refractivity contribution in [1.29, 1.82) is 0 Å². The second-order valence-electron chi connectivity index (χ2n) is 6.74. The summed E-state index contributed by atoms with van der Waals surface area (Å²) in [6.45, 7) is 5.47. The number of aromatic nitrogens is 2. The molecule has 5 nitrogen and oxygen atoms in total. The van der Waals surface area contributed by atoms with Gasteiger partial charge in [0.15, 0.2) is 0 Å². The lowest BCUT2D eigenvalue weighted by atomic mass is 10.1. The SMILES string of the molecule is NCCc1ccc2nc(-c3ccc(F)cc3)c(CN3CCNCC3)n2c1. The molecule has 3 aromatic rings. The number of hydrogen-bond donors (Lipinski definition) is 2. The summed E-state index contributed by atoms with van der Waals surface area (Å²) >= 11 is 0. The molecule has 0 amide bonds. The fourth-order valence-corrected chi connectivity index (χ4v) is 3.52. The Kier molecular flexibility index (Phi) is 4.97. The molecular formula is C20H24FN5. The number of nitrogens with two attached hydrogens (primary N) is 1. The molecule has 0 radical (unpaired) electrons. The van der Waals surface area contributed by atoms with E-state index in [1.54, 1.807) is 12.1 Å². The molecule has 6 heteroatoms. The highest BCUT2D eigenvalue weighted by Gasteiger charge is 2.18. The summed E-state index contributed by atoms with van der Waals surface area (Å²) < 4.78 is 15.5. The second kappa shape index (κ2) is 7.53. The average molecular weight is 353 g/mol. The molecule has 0 spiro atoms. The van der Waals surface area contributed by atoms with Crippen LogP contribution in [-0.4, -0.2) is 47.0 Å². The van der Waals surface area contributed by atoms with Gasteiger partial charge in [0.2, 0.25) is 0 Å². The van der Waals surface area contributed by atoms with Gasteiger partial charge >= 0.3 is 0 Å². The van der Waals surface area contributed by atoms with Crippen LogP contribution in [0, 0.1) is 5.82 Å². The van der Waals surface area contributed by atoms with Crippen molar-refractivity contribution in [2.75, 3.05) is 32.7 Å². The minimum absolute atomic E-state index is 0.230. The van der Waals surface area contributed by atoms with E-state index in [1.165, 1.54) is 17.7 Å². The smallest absolute Gasteiger partial charge is 0.137 e. The van der Waals surface area contributed by atoms with Gasteiger partial charge < -0.3 is 15.5 Å². The summed E-state index contributed by atoms with van der Waals surface area (Å²) in [5.74, 6) is -0.230. The molecule has 0 atom stereocenters. The van der Waals surface area contributed by atoms with Gasteiger partial charge in [-0.2, -0.15) is 0 Å². The Morgan fingerprint density at radius 2 is 1.85 bits per heavy atom. The van der Waals surface area contributed by atoms with Crippen LogP contribution in [0.3, 0.4) is 0 Å². The van der Waals surface area contributed by atoms with E-state index in [9.17, 15) is 4.39 Å². The quantitative estimate of drug-likeness (QED) is 0.737. The van der Waals surface area contributed by atoms with Gasteiger partial charge in [0, 0.05) is 44.5 Å². The van der Waals surface area contributed by atoms with Gasteiger partial charge in [0.05, 0.1) is 11.4 Å². The maximum atomic E-state index is 13.4. The zero-order valence-corrected chi connectivity index (χ0v) is 14.8. The molecule has 1 aliphatic rings. The minimum Gasteiger partial charge on any atom is -0.330 e. The fourth-order valence-electron chi connectivity index (χ4n) is 3.52. The van der Waals surface area contributed by atoms with Crippen molar-refractivity contribution in [3.63, 3.8) is 0 Å². The highest BCUT2D eigenvalue weighted by atomic mass is 19.1. The lowest BCUT2D eigenvalue weighted by molar-refractivity contribution is 0.230. The topological polar surface area (TPSA) is 58.6 Å². The van der Waals surface area contributed by atoms with E-state index in [0.717, 1.165) is 61.7 Å². The summed E-state index contributed by atoms with van der Waals surface area (Å²) in [6, 6.07) is 10.7. The Morgan fingerprint density at radius 1 is 1.08 bits per heavy atom. The number of halogens is 1. The van der Waals surface area contributed by atoms with E-state index in [2.05, 4.69) is 26.9 Å². The van der Waals surface area contributed by atoms with Gasteiger partial charge in [-0.15, -0.1) is 0 Å². The van der Waals surface area contributed by atoms with Gasteiger partial charge in [0.25, 0.3) is 0 Å². The summed E-state index contributed by atoms with van der Waals surface area (Å²) in [5.41, 5.74) is 10.9. The number of benzene rings is 1. The Morgan fingerprint density at radius 3 is 2.58 bits per heavy atom. The molecule has 0 unspecified atom stereocenters. The molecule has 3 N–H and O–H groups in total. The number of piperazine rings is 1. The third-order valence-corrected chi connectivity index (χ3v) is 4.91. The summed E-state index contributed by atoms with van der Waals surface area (Å²) in [7, 11) is 0. The normalized spacial score (nSPS) is 15.6. The molecule has 1 aromatic carbocycles. The van der Waals surface area contributed by atoms with Gasteiger partial charge in [-0.05, 0) is 48.9 Å². The van der Waals surface area contributed by atoms with Gasteiger partial charge in [0.1, 0.15) is 11.5 Å². The van der Waals surface area contributed by atoms with Crippen LogP contribution in [-0.2, 0) is 13.0 Å². The highest BCUT2D eigenvalue weighted by molar-refractivity contribution is 5.66. The number of imidazole rings is 1. The van der Waals surface area contributed by atoms with E-state index in [0.29, 0.717) is 6.54 Å². The van der Waals surface area contributed by atoms with Crippen molar-refractivity contribution in [3.05, 3.63) is 59.7 Å². The van der Waals surface area contributed by atoms with Crippen LogP contribution in [0.1, 0.15) is 11.3 Å². The van der Waals surface area contributed by atoms with Crippen molar-refractivity contribution < 1.29 is 4.39 Å². The van der Waals surface area contributed by atoms with Crippen LogP contribution < -0.4 is 11.1 Å². The second-order valence-corrected chi connectivity index (χ2v) is 6.74. The first-order chi connectivity index (χ1) is 12.7. The van der Waals surface area contributed by atoms with Crippen molar-refractivity contribution in [2.45, 2.75) is 13.0 Å². The maximum Gasteiger partial charge on any atom is 0.137 e. The summed E-state index contributed by atoms with van der Waals surface area (Å²) in [6.07, 6.45) is 2.98. The molecule has 1 saturated heterocycles. The van der Waals surface area contributed by atoms with Gasteiger partial charge in [-0.25, -0.2) is 9.37 Å². The van der Waals surface area contributed by atoms with Crippen LogP contribution in [0.2, 0.25) is 0 Å². The number of pyridine rings is 1. The van der Waals surface area contributed by atoms with Gasteiger partial charge in [-0.1, -0.05) is 6.07 Å². The molecule has 136 valence electrons. The maximum absolute atomic E-state index is 13.4. The fraction of sp³-hybridized carbons (Fsp3) is 0.350. The molecule has 4 rings (SSSR count). The van der Waals surface area contributed by atoms with Crippen LogP contribution in [0.4, 0.5) is 4.39 Å². The van der Waals surface area contributed by atoms with E-state index in [4.69, 9.17) is 10.7 Å². The largest absolute Gasteiger partial charge is 0.330 e. The van der Waals surface area contributed by atoms with Gasteiger partial charge in [-0.3, -0.25) is 4.90 Å². The predicted molar refractivity (Wildman–Crippen MR) is 101 cm³/mol. The van der Waals surface area contributed by atoms with Crippen LogP contribution in [0.15, 0.2) is 42.6 Å². The van der Waals surface area contributed by atoms with Crippen molar-refractivity contribution >= 4 is 5.65 Å². The first kappa shape index (κ1) is 17.1. The van der Waals surface area contributed by atoms with E-state index >= 15 is 0 Å². The number of hydrogen-bond acceptors (Lipinski definition) is 4. The molecule has 3 heterocycles. The number of fused-ring (bicyclic) bond motifs is 1. The summed E-state index contributed by atoms with van der Waals surface area (Å²) in [4.78, 5) is 7.28. The molecule has 2 aromatic heterocycles. The van der Waals surface area contributed by atoms with Crippen LogP contribution in [0.5, 0.6) is 0 Å². The molecule has 0 aliphatic carbocycles. The molecule has 0 saturated carbocycles. The predicted octanol–water partition coefficient (Wildman–Crippen LogP) is 2.05. The summed E-state index contributed by atoms with van der Waals surface area (Å²) in [5, 5.41) is 3.39. The van der Waals surface area contributed by atoms with E-state index in [-0.39, 0.29) is 5.82 Å². The molecule has 1 aliphatic heterocycles. The number of nitrogens with zero attached hydrogens (tertiary/aromatic N) is 3. The molecule has 0 bridgehead atoms. The third-order valence-electron chi connectivity index (χ3n) is 4.91. The van der Waals surface area contributed by atoms with E-state index in [1.807, 2.05) is 6.07 Å². The van der Waals surface area contributed by atoms with Crippen molar-refractivity contribution in [2.24, 2.45) is 5.73 Å². The van der Waals surface area contributed by atoms with Crippen LogP contribution >= 0.6 is 0 Å². The Hall–Kier alpha value is -2.28. The first-order valence-corrected chi connectivity index (χ1v) is 9.13. The Labute approximate surface area is 152 Å². The molecule has 1 fully saturated rings. The lowest BCUT2D eigenvalue weighted by Gasteiger charge is -2.27. The van der Waals surface area contributed by atoms with Crippen molar-refractivity contribution in [1.82, 2.24) is 19.6 Å². The highest BCUT2D eigenvalue weighted by Crippen LogP contribution is 2.26. The zero-order valence-electron chi connectivity index (χ0n) is 14.8. The average Bonchev–Trinajstić information content (AvgIpc) is 3.01. The minimum atomic E-state index is -0.230. The number of nitrogens with one attached hydrogen (secondary N) is 1. The zero-order chi connectivity index (χ0) is 17.9. The first-order valence-electron chi connectivity index (χ1n) is 9.13. The monoisotopic (exact) mass is 353 g/mol. The number of rotatable bonds is 5. The van der Waals surface area contributed by atoms with Crippen LogP contribution in [0.25, 0.3) is 16.9 Å². The Balaban J connectivity index is 1.80. The third kappa shape index (κ3) is 3.49. The molecular weight excluding hydrogens is 329 g/mol. The standard InChI is InChI=1S/C20H24FN5/c21-17-4-2-16(3-5-17)20-18(14-25-11-9-23-10-12-25)26-13-15(7-8-22)1-6-19(26)24-20/h1-6,13,23H,7-12,14,22H2. The Bertz CT molecular complexity index is 881. The lowest BCUT2D eigenvalue weighted by Crippen LogP contribution is -2.43. The molecule has 26 heavy (non-hydrogen) atoms. The van der Waals surface area contributed by atoms with Crippen molar-refractivity contribution in [3.8, 4) is 11.3 Å².